The first-order valence-electron chi connectivity index (χ1n) is 8.27. The molecule has 1 saturated carbocycles. The quantitative estimate of drug-likeness (QED) is 0.775. The maximum Gasteiger partial charge on any atom is 0.227 e. The van der Waals surface area contributed by atoms with Gasteiger partial charge in [-0.25, -0.2) is 0 Å². The van der Waals surface area contributed by atoms with E-state index in [2.05, 4.69) is 24.2 Å². The molecule has 4 heteroatoms. The van der Waals surface area contributed by atoms with Crippen LogP contribution in [-0.2, 0) is 4.79 Å². The van der Waals surface area contributed by atoms with Crippen molar-refractivity contribution in [1.29, 1.82) is 0 Å². The smallest absolute Gasteiger partial charge is 0.227 e. The molecule has 2 unspecified atom stereocenters. The molecule has 1 heterocycles. The molecule has 0 aromatic heterocycles. The van der Waals surface area contributed by atoms with Crippen LogP contribution in [0.1, 0.15) is 51.9 Å². The number of nitrogens with one attached hydrogen (secondary N) is 1. The van der Waals surface area contributed by atoms with E-state index in [0.717, 1.165) is 45.2 Å². The average Bonchev–Trinajstić information content (AvgIpc) is 2.68. The van der Waals surface area contributed by atoms with Crippen LogP contribution in [-0.4, -0.2) is 43.5 Å². The maximum atomic E-state index is 12.8. The van der Waals surface area contributed by atoms with E-state index in [9.17, 15) is 4.79 Å². The van der Waals surface area contributed by atoms with Crippen LogP contribution in [0.4, 0.5) is 0 Å². The van der Waals surface area contributed by atoms with Crippen molar-refractivity contribution in [2.75, 3.05) is 26.7 Å². The summed E-state index contributed by atoms with van der Waals surface area (Å²) in [6, 6.07) is 0.324. The first-order valence-corrected chi connectivity index (χ1v) is 8.27. The predicted octanol–water partition coefficient (Wildman–Crippen LogP) is 1.74. The van der Waals surface area contributed by atoms with Crippen molar-refractivity contribution in [3.8, 4) is 0 Å². The Labute approximate surface area is 123 Å². The molecule has 3 N–H and O–H groups in total. The number of hydrogen-bond donors (Lipinski definition) is 2. The third-order valence-electron chi connectivity index (χ3n) is 5.36. The molecule has 2 atom stereocenters. The molecule has 20 heavy (non-hydrogen) atoms. The predicted molar refractivity (Wildman–Crippen MR) is 82.4 cm³/mol. The van der Waals surface area contributed by atoms with Gasteiger partial charge in [0.25, 0.3) is 0 Å². The lowest BCUT2D eigenvalue weighted by atomic mass is 9.78. The van der Waals surface area contributed by atoms with Crippen molar-refractivity contribution in [2.45, 2.75) is 57.9 Å². The van der Waals surface area contributed by atoms with E-state index in [1.54, 1.807) is 0 Å². The number of amides is 1. The van der Waals surface area contributed by atoms with E-state index in [4.69, 9.17) is 5.73 Å². The molecule has 0 radical (unpaired) electrons. The Morgan fingerprint density at radius 2 is 1.95 bits per heavy atom. The topological polar surface area (TPSA) is 58.4 Å². The van der Waals surface area contributed by atoms with Crippen LogP contribution >= 0.6 is 0 Å². The number of hydrogen-bond acceptors (Lipinski definition) is 3. The Morgan fingerprint density at radius 1 is 1.30 bits per heavy atom. The Balaban J connectivity index is 1.98. The van der Waals surface area contributed by atoms with Crippen LogP contribution in [0.2, 0.25) is 0 Å². The first kappa shape index (κ1) is 15.8. The fraction of sp³-hybridized carbons (Fsp3) is 0.938. The lowest BCUT2D eigenvalue weighted by Gasteiger charge is -2.38. The molecule has 116 valence electrons. The summed E-state index contributed by atoms with van der Waals surface area (Å²) in [4.78, 5) is 15.1. The van der Waals surface area contributed by atoms with Gasteiger partial charge in [-0.3, -0.25) is 4.79 Å². The molecule has 0 spiro atoms. The van der Waals surface area contributed by atoms with E-state index >= 15 is 0 Å². The monoisotopic (exact) mass is 281 g/mol. The fourth-order valence-corrected chi connectivity index (χ4v) is 3.82. The highest BCUT2D eigenvalue weighted by atomic mass is 16.2. The number of carbonyl (C=O) groups is 1. The minimum absolute atomic E-state index is 0.225. The normalized spacial score (nSPS) is 31.6. The molecule has 1 saturated heterocycles. The molecule has 4 nitrogen and oxygen atoms in total. The first-order chi connectivity index (χ1) is 9.57. The minimum atomic E-state index is -0.292. The van der Waals surface area contributed by atoms with Crippen molar-refractivity contribution in [3.05, 3.63) is 0 Å². The third-order valence-corrected chi connectivity index (χ3v) is 5.36. The standard InChI is InChI=1S/C16H31N3O/c1-13-11-19(2)10-7-14(13)18-15(20)16(12-17)8-5-3-4-6-9-16/h13-14H,3-12,17H2,1-2H3,(H,18,20). The highest BCUT2D eigenvalue weighted by Crippen LogP contribution is 2.35. The van der Waals surface area contributed by atoms with Gasteiger partial charge in [0.2, 0.25) is 5.91 Å². The van der Waals surface area contributed by atoms with E-state index in [1.165, 1.54) is 12.8 Å². The van der Waals surface area contributed by atoms with Gasteiger partial charge in [-0.1, -0.05) is 32.6 Å². The molecular formula is C16H31N3O. The van der Waals surface area contributed by atoms with Crippen LogP contribution in [0.5, 0.6) is 0 Å². The molecule has 1 aliphatic carbocycles. The minimum Gasteiger partial charge on any atom is -0.352 e. The summed E-state index contributed by atoms with van der Waals surface area (Å²) in [5, 5.41) is 3.33. The zero-order chi connectivity index (χ0) is 14.6. The second-order valence-electron chi connectivity index (χ2n) is 7.01. The van der Waals surface area contributed by atoms with Gasteiger partial charge in [-0.2, -0.15) is 0 Å². The van der Waals surface area contributed by atoms with Gasteiger partial charge in [0.1, 0.15) is 0 Å². The third kappa shape index (κ3) is 3.53. The van der Waals surface area contributed by atoms with Crippen molar-refractivity contribution in [2.24, 2.45) is 17.1 Å². The zero-order valence-corrected chi connectivity index (χ0v) is 13.2. The van der Waals surface area contributed by atoms with Gasteiger partial charge >= 0.3 is 0 Å². The van der Waals surface area contributed by atoms with Crippen LogP contribution in [0.25, 0.3) is 0 Å². The zero-order valence-electron chi connectivity index (χ0n) is 13.2. The lowest BCUT2D eigenvalue weighted by molar-refractivity contribution is -0.132. The molecule has 1 amide bonds. The summed E-state index contributed by atoms with van der Waals surface area (Å²) < 4.78 is 0. The molecule has 0 bridgehead atoms. The number of nitrogens with two attached hydrogens (primary N) is 1. The molecule has 0 aromatic rings. The summed E-state index contributed by atoms with van der Waals surface area (Å²) in [7, 11) is 2.15. The number of nitrogens with zero attached hydrogens (tertiary/aromatic N) is 1. The van der Waals surface area contributed by atoms with Crippen LogP contribution < -0.4 is 11.1 Å². The van der Waals surface area contributed by atoms with Crippen molar-refractivity contribution in [1.82, 2.24) is 10.2 Å². The largest absolute Gasteiger partial charge is 0.352 e. The number of rotatable bonds is 3. The molecular weight excluding hydrogens is 250 g/mol. The van der Waals surface area contributed by atoms with Gasteiger partial charge in [-0.15, -0.1) is 0 Å². The van der Waals surface area contributed by atoms with Crippen molar-refractivity contribution in [3.63, 3.8) is 0 Å². The van der Waals surface area contributed by atoms with Gasteiger partial charge in [0.05, 0.1) is 5.41 Å². The average molecular weight is 281 g/mol. The number of carbonyl (C=O) groups excluding carboxylic acids is 1. The molecule has 2 fully saturated rings. The Morgan fingerprint density at radius 3 is 2.50 bits per heavy atom. The fourth-order valence-electron chi connectivity index (χ4n) is 3.82. The van der Waals surface area contributed by atoms with Crippen molar-refractivity contribution < 1.29 is 4.79 Å². The second kappa shape index (κ2) is 6.90. The van der Waals surface area contributed by atoms with E-state index < -0.39 is 0 Å². The van der Waals surface area contributed by atoms with Gasteiger partial charge in [-0.05, 0) is 38.8 Å². The maximum absolute atomic E-state index is 12.8. The second-order valence-corrected chi connectivity index (χ2v) is 7.01. The van der Waals surface area contributed by atoms with Crippen LogP contribution in [0.3, 0.4) is 0 Å². The van der Waals surface area contributed by atoms with E-state index in [1.807, 2.05) is 0 Å². The van der Waals surface area contributed by atoms with Gasteiger partial charge in [0, 0.05) is 19.1 Å². The SMILES string of the molecule is CC1CN(C)CCC1NC(=O)C1(CN)CCCCCC1. The van der Waals surface area contributed by atoms with Gasteiger partial charge < -0.3 is 16.0 Å². The van der Waals surface area contributed by atoms with Crippen LogP contribution in [0, 0.1) is 11.3 Å². The molecule has 0 aromatic carbocycles. The van der Waals surface area contributed by atoms with E-state index in [0.29, 0.717) is 18.5 Å². The highest BCUT2D eigenvalue weighted by molar-refractivity contribution is 5.83. The highest BCUT2D eigenvalue weighted by Gasteiger charge is 2.39. The number of likely N-dealkylation sites (tertiary alicyclic amines) is 1. The molecule has 2 rings (SSSR count). The Bertz CT molecular complexity index is 324. The van der Waals surface area contributed by atoms with E-state index in [-0.39, 0.29) is 11.3 Å². The van der Waals surface area contributed by atoms with Gasteiger partial charge in [0.15, 0.2) is 0 Å². The number of piperidine rings is 1. The molecule has 1 aliphatic heterocycles. The lowest BCUT2D eigenvalue weighted by Crippen LogP contribution is -2.54. The summed E-state index contributed by atoms with van der Waals surface area (Å²) in [6.07, 6.45) is 7.79. The summed E-state index contributed by atoms with van der Waals surface area (Å²) in [5.41, 5.74) is 5.71. The Hall–Kier alpha value is -0.610. The summed E-state index contributed by atoms with van der Waals surface area (Å²) in [6.45, 7) is 4.88. The summed E-state index contributed by atoms with van der Waals surface area (Å²) in [5.74, 6) is 0.751. The molecule has 2 aliphatic rings. The van der Waals surface area contributed by atoms with Crippen molar-refractivity contribution >= 4 is 5.91 Å². The van der Waals surface area contributed by atoms with Crippen LogP contribution in [0.15, 0.2) is 0 Å². The summed E-state index contributed by atoms with van der Waals surface area (Å²) >= 11 is 0. The Kier molecular flexibility index (Phi) is 5.44.